The summed E-state index contributed by atoms with van der Waals surface area (Å²) < 4.78 is 0. The Kier molecular flexibility index (Phi) is 4.22. The molecule has 2 aliphatic carbocycles. The zero-order valence-electron chi connectivity index (χ0n) is 18.9. The highest BCUT2D eigenvalue weighted by Crippen LogP contribution is 2.46. The highest BCUT2D eigenvalue weighted by Gasteiger charge is 2.57. The third-order valence-electron chi connectivity index (χ3n) is 7.70. The first-order chi connectivity index (χ1) is 16.6. The lowest BCUT2D eigenvalue weighted by molar-refractivity contribution is -0.131. The first-order valence-electron chi connectivity index (χ1n) is 12.2. The number of hydrogen-bond acceptors (Lipinski definition) is 5. The van der Waals surface area contributed by atoms with Gasteiger partial charge in [0.2, 0.25) is 5.91 Å². The minimum absolute atomic E-state index is 0.100. The normalized spacial score (nSPS) is 23.2. The number of fused-ring (bicyclic) bond motifs is 1. The highest BCUT2D eigenvalue weighted by molar-refractivity contribution is 6.15. The van der Waals surface area contributed by atoms with E-state index in [9.17, 15) is 9.59 Å². The fraction of sp³-hybridized carbons (Fsp3) is 0.423. The second kappa shape index (κ2) is 7.22. The Morgan fingerprint density at radius 1 is 1.12 bits per heavy atom. The molecule has 2 aliphatic heterocycles. The molecule has 34 heavy (non-hydrogen) atoms. The molecule has 1 spiro atoms. The molecule has 1 atom stereocenters. The van der Waals surface area contributed by atoms with E-state index in [0.29, 0.717) is 18.3 Å². The van der Waals surface area contributed by atoms with Gasteiger partial charge in [0.05, 0.1) is 11.7 Å². The van der Waals surface area contributed by atoms with Crippen LogP contribution in [0.3, 0.4) is 0 Å². The van der Waals surface area contributed by atoms with Gasteiger partial charge in [0, 0.05) is 42.7 Å². The summed E-state index contributed by atoms with van der Waals surface area (Å²) in [5.74, 6) is 1.61. The number of rotatable bonds is 5. The standard InChI is InChI=1S/C26H26N6O2/c33-24(17-4-5-17)31-11-8-16(14-31)15-32-23(29-26(9-10-26)25(32)34)22-7-6-18(12-27-22)19-2-1-3-21-20(19)13-28-30-21/h1-3,6-7,12-13,16-17H,4-5,8-11,14-15H2,(H,28,30). The van der Waals surface area contributed by atoms with Crippen molar-refractivity contribution in [1.29, 1.82) is 0 Å². The van der Waals surface area contributed by atoms with Gasteiger partial charge in [0.1, 0.15) is 11.2 Å². The number of nitrogens with one attached hydrogen (secondary N) is 1. The monoisotopic (exact) mass is 454 g/mol. The molecule has 1 N–H and O–H groups in total. The number of hydrogen-bond donors (Lipinski definition) is 1. The minimum atomic E-state index is -0.569. The molecule has 2 aromatic heterocycles. The van der Waals surface area contributed by atoms with E-state index in [4.69, 9.17) is 9.98 Å². The molecule has 2 saturated carbocycles. The fourth-order valence-electron chi connectivity index (χ4n) is 5.40. The number of benzene rings is 1. The van der Waals surface area contributed by atoms with E-state index in [0.717, 1.165) is 72.9 Å². The van der Waals surface area contributed by atoms with E-state index in [-0.39, 0.29) is 17.7 Å². The van der Waals surface area contributed by atoms with Crippen LogP contribution in [0.25, 0.3) is 22.0 Å². The lowest BCUT2D eigenvalue weighted by Gasteiger charge is -2.23. The van der Waals surface area contributed by atoms with E-state index in [1.54, 1.807) is 0 Å². The second-order valence-electron chi connectivity index (χ2n) is 10.2. The zero-order valence-corrected chi connectivity index (χ0v) is 18.9. The van der Waals surface area contributed by atoms with Crippen LogP contribution in [0.2, 0.25) is 0 Å². The molecular formula is C26H26N6O2. The molecule has 3 aromatic rings. The highest BCUT2D eigenvalue weighted by atomic mass is 16.2. The van der Waals surface area contributed by atoms with Crippen LogP contribution in [-0.4, -0.2) is 67.8 Å². The molecule has 3 fully saturated rings. The van der Waals surface area contributed by atoms with E-state index >= 15 is 0 Å². The lowest BCUT2D eigenvalue weighted by atomic mass is 10.0. The van der Waals surface area contributed by atoms with Crippen molar-refractivity contribution in [2.75, 3.05) is 19.6 Å². The molecule has 4 heterocycles. The predicted octanol–water partition coefficient (Wildman–Crippen LogP) is 3.00. The summed E-state index contributed by atoms with van der Waals surface area (Å²) >= 11 is 0. The first-order valence-corrected chi connectivity index (χ1v) is 12.2. The van der Waals surface area contributed by atoms with Crippen LogP contribution in [0.4, 0.5) is 0 Å². The van der Waals surface area contributed by atoms with Gasteiger partial charge in [0.15, 0.2) is 5.84 Å². The van der Waals surface area contributed by atoms with Crippen LogP contribution >= 0.6 is 0 Å². The largest absolute Gasteiger partial charge is 0.342 e. The summed E-state index contributed by atoms with van der Waals surface area (Å²) in [5, 5.41) is 8.21. The van der Waals surface area contributed by atoms with E-state index in [1.807, 2.05) is 46.5 Å². The number of pyridine rings is 1. The summed E-state index contributed by atoms with van der Waals surface area (Å²) in [6.45, 7) is 2.14. The minimum Gasteiger partial charge on any atom is -0.342 e. The molecule has 8 nitrogen and oxygen atoms in total. The molecule has 7 rings (SSSR count). The van der Waals surface area contributed by atoms with Crippen molar-refractivity contribution in [2.24, 2.45) is 16.8 Å². The summed E-state index contributed by atoms with van der Waals surface area (Å²) in [4.78, 5) is 39.2. The van der Waals surface area contributed by atoms with Gasteiger partial charge < -0.3 is 4.90 Å². The van der Waals surface area contributed by atoms with Gasteiger partial charge in [-0.05, 0) is 55.7 Å². The number of amidine groups is 1. The van der Waals surface area contributed by atoms with Crippen molar-refractivity contribution in [3.63, 3.8) is 0 Å². The average Bonchev–Trinajstić information content (AvgIpc) is 3.74. The first kappa shape index (κ1) is 19.9. The SMILES string of the molecule is O=C(C1CC1)N1CCC(CN2C(=O)C3(CC3)N=C2c2ccc(-c3cccc4[nH]ncc34)cn2)C1. The maximum absolute atomic E-state index is 13.3. The van der Waals surface area contributed by atoms with Crippen LogP contribution in [0.5, 0.6) is 0 Å². The quantitative estimate of drug-likeness (QED) is 0.641. The Morgan fingerprint density at radius 2 is 2.00 bits per heavy atom. The Labute approximate surface area is 197 Å². The Hall–Kier alpha value is -3.55. The number of aliphatic imine (C=N–C) groups is 1. The second-order valence-corrected chi connectivity index (χ2v) is 10.2. The van der Waals surface area contributed by atoms with Gasteiger partial charge in [-0.2, -0.15) is 5.10 Å². The number of aromatic amines is 1. The molecule has 2 amide bonds. The van der Waals surface area contributed by atoms with Crippen LogP contribution < -0.4 is 0 Å². The molecule has 1 unspecified atom stereocenters. The van der Waals surface area contributed by atoms with Gasteiger partial charge in [-0.25, -0.2) is 4.99 Å². The van der Waals surface area contributed by atoms with Crippen molar-refractivity contribution in [2.45, 2.75) is 37.6 Å². The maximum Gasteiger partial charge on any atom is 0.256 e. The number of carbonyl (C=O) groups excluding carboxylic acids is 2. The van der Waals surface area contributed by atoms with Gasteiger partial charge in [-0.15, -0.1) is 0 Å². The third kappa shape index (κ3) is 3.15. The molecule has 0 radical (unpaired) electrons. The lowest BCUT2D eigenvalue weighted by Crippen LogP contribution is -2.41. The smallest absolute Gasteiger partial charge is 0.256 e. The topological polar surface area (TPSA) is 94.6 Å². The Morgan fingerprint density at radius 3 is 2.76 bits per heavy atom. The van der Waals surface area contributed by atoms with Crippen LogP contribution in [0.15, 0.2) is 47.7 Å². The van der Waals surface area contributed by atoms with Crippen molar-refractivity contribution in [1.82, 2.24) is 25.0 Å². The van der Waals surface area contributed by atoms with Crippen LogP contribution in [0.1, 0.15) is 37.8 Å². The Bertz CT molecular complexity index is 1330. The van der Waals surface area contributed by atoms with E-state index < -0.39 is 5.54 Å². The molecule has 8 heteroatoms. The summed E-state index contributed by atoms with van der Waals surface area (Å²) in [5.41, 5.74) is 3.21. The van der Waals surface area contributed by atoms with Crippen molar-refractivity contribution in [3.05, 3.63) is 48.4 Å². The van der Waals surface area contributed by atoms with Crippen molar-refractivity contribution < 1.29 is 9.59 Å². The number of aromatic nitrogens is 3. The average molecular weight is 455 g/mol. The summed E-state index contributed by atoms with van der Waals surface area (Å²) in [6.07, 6.45) is 8.29. The summed E-state index contributed by atoms with van der Waals surface area (Å²) in [6, 6.07) is 10.1. The van der Waals surface area contributed by atoms with Gasteiger partial charge in [-0.3, -0.25) is 24.6 Å². The number of amides is 2. The van der Waals surface area contributed by atoms with Gasteiger partial charge in [-0.1, -0.05) is 18.2 Å². The number of H-pyrrole nitrogens is 1. The van der Waals surface area contributed by atoms with Gasteiger partial charge >= 0.3 is 0 Å². The van der Waals surface area contributed by atoms with Crippen molar-refractivity contribution in [3.8, 4) is 11.1 Å². The molecule has 1 aromatic carbocycles. The van der Waals surface area contributed by atoms with E-state index in [2.05, 4.69) is 16.3 Å². The predicted molar refractivity (Wildman–Crippen MR) is 127 cm³/mol. The van der Waals surface area contributed by atoms with Crippen LogP contribution in [0, 0.1) is 11.8 Å². The van der Waals surface area contributed by atoms with Crippen LogP contribution in [-0.2, 0) is 9.59 Å². The molecule has 4 aliphatic rings. The molecular weight excluding hydrogens is 428 g/mol. The summed E-state index contributed by atoms with van der Waals surface area (Å²) in [7, 11) is 0. The molecule has 172 valence electrons. The number of nitrogens with zero attached hydrogens (tertiary/aromatic N) is 5. The molecule has 0 bridgehead atoms. The maximum atomic E-state index is 13.3. The van der Waals surface area contributed by atoms with Crippen molar-refractivity contribution >= 4 is 28.6 Å². The third-order valence-corrected chi connectivity index (χ3v) is 7.70. The number of carbonyl (C=O) groups is 2. The Balaban J connectivity index is 1.14. The fourth-order valence-corrected chi connectivity index (χ4v) is 5.40. The van der Waals surface area contributed by atoms with E-state index in [1.165, 1.54) is 0 Å². The number of likely N-dealkylation sites (tertiary alicyclic amines) is 1. The molecule has 1 saturated heterocycles. The zero-order chi connectivity index (χ0) is 22.9. The van der Waals surface area contributed by atoms with Gasteiger partial charge in [0.25, 0.3) is 5.91 Å².